The number of fused-ring (bicyclic) bond motifs is 1. The van der Waals surface area contributed by atoms with Gasteiger partial charge < -0.3 is 15.5 Å². The second kappa shape index (κ2) is 10.1. The first-order chi connectivity index (χ1) is 18.1. The van der Waals surface area contributed by atoms with Gasteiger partial charge in [0.1, 0.15) is 0 Å². The van der Waals surface area contributed by atoms with Crippen LogP contribution in [0.15, 0.2) is 47.3 Å². The van der Waals surface area contributed by atoms with Gasteiger partial charge in [0, 0.05) is 36.3 Å². The molecule has 1 atom stereocenters. The normalized spacial score (nSPS) is 17.5. The summed E-state index contributed by atoms with van der Waals surface area (Å²) < 4.78 is 1.57. The van der Waals surface area contributed by atoms with E-state index < -0.39 is 0 Å². The highest BCUT2D eigenvalue weighted by atomic mass is 35.5. The molecule has 2 aliphatic rings. The third-order valence-electron chi connectivity index (χ3n) is 7.43. The number of hydrogen-bond donors (Lipinski definition) is 2. The Morgan fingerprint density at radius 2 is 1.76 bits per heavy atom. The summed E-state index contributed by atoms with van der Waals surface area (Å²) in [7, 11) is 1.57. The van der Waals surface area contributed by atoms with Crippen molar-refractivity contribution in [2.75, 3.05) is 18.9 Å². The molecule has 10 heteroatoms. The van der Waals surface area contributed by atoms with Crippen LogP contribution in [0.4, 0.5) is 5.95 Å². The fourth-order valence-electron chi connectivity index (χ4n) is 4.67. The Morgan fingerprint density at radius 1 is 1.08 bits per heavy atom. The Balaban J connectivity index is 1.53. The summed E-state index contributed by atoms with van der Waals surface area (Å²) in [6, 6.07) is 11.5. The van der Waals surface area contributed by atoms with Gasteiger partial charge in [-0.1, -0.05) is 30.1 Å². The Hall–Kier alpha value is -3.36. The third-order valence-corrected chi connectivity index (χ3v) is 8.17. The average molecular weight is 554 g/mol. The van der Waals surface area contributed by atoms with Gasteiger partial charge in [-0.2, -0.15) is 0 Å². The van der Waals surface area contributed by atoms with Crippen molar-refractivity contribution < 1.29 is 9.59 Å². The second-order valence-electron chi connectivity index (χ2n) is 10.4. The summed E-state index contributed by atoms with van der Waals surface area (Å²) in [5, 5.41) is 6.69. The van der Waals surface area contributed by atoms with Crippen LogP contribution in [0.25, 0.3) is 5.69 Å². The van der Waals surface area contributed by atoms with Gasteiger partial charge in [-0.25, -0.2) is 9.55 Å². The Labute approximate surface area is 231 Å². The number of carbonyl (C=O) groups excluding carboxylic acids is 2. The van der Waals surface area contributed by atoms with E-state index in [-0.39, 0.29) is 35.4 Å². The van der Waals surface area contributed by atoms with Crippen LogP contribution in [0.1, 0.15) is 58.7 Å². The topological polar surface area (TPSA) is 96.3 Å². The zero-order valence-electron chi connectivity index (χ0n) is 21.5. The minimum atomic E-state index is -0.229. The summed E-state index contributed by atoms with van der Waals surface area (Å²) in [5.41, 5.74) is 2.69. The van der Waals surface area contributed by atoms with E-state index in [4.69, 9.17) is 28.2 Å². The van der Waals surface area contributed by atoms with Crippen molar-refractivity contribution in [1.29, 1.82) is 0 Å². The number of halogens is 2. The van der Waals surface area contributed by atoms with E-state index in [0.29, 0.717) is 57.0 Å². The molecule has 198 valence electrons. The average Bonchev–Trinajstić information content (AvgIpc) is 3.65. The maximum Gasteiger partial charge on any atom is 0.263 e. The lowest BCUT2D eigenvalue weighted by molar-refractivity contribution is 0.0653. The first kappa shape index (κ1) is 26.3. The molecule has 0 spiro atoms. The molecule has 0 bridgehead atoms. The molecule has 1 saturated carbocycles. The molecule has 0 saturated heterocycles. The van der Waals surface area contributed by atoms with Gasteiger partial charge in [0.2, 0.25) is 5.95 Å². The molecular weight excluding hydrogens is 525 g/mol. The van der Waals surface area contributed by atoms with Crippen LogP contribution in [0.5, 0.6) is 0 Å². The van der Waals surface area contributed by atoms with Gasteiger partial charge in [0.05, 0.1) is 28.0 Å². The maximum absolute atomic E-state index is 13.9. The van der Waals surface area contributed by atoms with E-state index in [1.807, 2.05) is 6.92 Å². The summed E-state index contributed by atoms with van der Waals surface area (Å²) >= 11 is 12.2. The van der Waals surface area contributed by atoms with Crippen molar-refractivity contribution in [2.24, 2.45) is 5.41 Å². The lowest BCUT2D eigenvalue weighted by Crippen LogP contribution is -2.46. The van der Waals surface area contributed by atoms with Crippen molar-refractivity contribution in [2.45, 2.75) is 45.7 Å². The summed E-state index contributed by atoms with van der Waals surface area (Å²) in [4.78, 5) is 45.9. The fourth-order valence-corrected chi connectivity index (χ4v) is 4.97. The van der Waals surface area contributed by atoms with Crippen LogP contribution >= 0.6 is 23.2 Å². The van der Waals surface area contributed by atoms with Crippen LogP contribution in [0.2, 0.25) is 10.0 Å². The molecule has 8 nitrogen and oxygen atoms in total. The number of benzene rings is 2. The lowest BCUT2D eigenvalue weighted by Gasteiger charge is -2.34. The summed E-state index contributed by atoms with van der Waals surface area (Å²) in [6.07, 6.45) is 2.58. The Kier molecular flexibility index (Phi) is 6.96. The zero-order chi connectivity index (χ0) is 27.2. The zero-order valence-corrected chi connectivity index (χ0v) is 23.0. The van der Waals surface area contributed by atoms with E-state index in [9.17, 15) is 14.4 Å². The van der Waals surface area contributed by atoms with Gasteiger partial charge in [-0.3, -0.25) is 14.4 Å². The van der Waals surface area contributed by atoms with Gasteiger partial charge in [0.25, 0.3) is 17.4 Å². The number of nitrogens with one attached hydrogen (secondary N) is 2. The molecule has 1 aliphatic heterocycles. The number of rotatable bonds is 6. The number of anilines is 1. The van der Waals surface area contributed by atoms with Gasteiger partial charge >= 0.3 is 0 Å². The first-order valence-electron chi connectivity index (χ1n) is 12.6. The summed E-state index contributed by atoms with van der Waals surface area (Å²) in [6.45, 7) is 4.99. The van der Waals surface area contributed by atoms with Crippen molar-refractivity contribution >= 4 is 41.0 Å². The molecule has 2 heterocycles. The quantitative estimate of drug-likeness (QED) is 0.461. The van der Waals surface area contributed by atoms with Gasteiger partial charge in [-0.15, -0.1) is 0 Å². The minimum absolute atomic E-state index is 0.173. The molecule has 0 unspecified atom stereocenters. The van der Waals surface area contributed by atoms with Crippen molar-refractivity contribution in [3.8, 4) is 5.69 Å². The molecule has 3 aromatic rings. The smallest absolute Gasteiger partial charge is 0.263 e. The number of hydrogen-bond acceptors (Lipinski definition) is 5. The number of nitrogens with zero attached hydrogens (tertiary/aromatic N) is 3. The molecule has 0 radical (unpaired) electrons. The third kappa shape index (κ3) is 5.02. The summed E-state index contributed by atoms with van der Waals surface area (Å²) in [5.74, 6) is 0.0246. The van der Waals surface area contributed by atoms with Crippen molar-refractivity contribution in [3.05, 3.63) is 85.2 Å². The van der Waals surface area contributed by atoms with E-state index in [0.717, 1.165) is 12.8 Å². The molecule has 1 aromatic heterocycles. The van der Waals surface area contributed by atoms with Crippen molar-refractivity contribution in [3.63, 3.8) is 0 Å². The molecule has 2 N–H and O–H groups in total. The minimum Gasteiger partial charge on any atom is -0.355 e. The SMILES string of the molecule is CNC(=O)c1ccc(-n2c(NCC3(C)CC3)nc3c(c2=O)C[C@@H](C)N(C(=O)c2ccc(Cl)c(Cl)c2)C3)cc1. The van der Waals surface area contributed by atoms with E-state index in [1.54, 1.807) is 59.0 Å². The van der Waals surface area contributed by atoms with Crippen LogP contribution in [-0.2, 0) is 13.0 Å². The predicted molar refractivity (Wildman–Crippen MR) is 149 cm³/mol. The fraction of sp³-hybridized carbons (Fsp3) is 0.357. The lowest BCUT2D eigenvalue weighted by atomic mass is 9.98. The van der Waals surface area contributed by atoms with Crippen LogP contribution < -0.4 is 16.2 Å². The molecule has 2 amide bonds. The van der Waals surface area contributed by atoms with Gasteiger partial charge in [-0.05, 0) is 74.1 Å². The molecule has 38 heavy (non-hydrogen) atoms. The molecule has 1 fully saturated rings. The highest BCUT2D eigenvalue weighted by Gasteiger charge is 2.38. The van der Waals surface area contributed by atoms with E-state index in [1.165, 1.54) is 0 Å². The van der Waals surface area contributed by atoms with Gasteiger partial charge in [0.15, 0.2) is 0 Å². The van der Waals surface area contributed by atoms with E-state index in [2.05, 4.69) is 17.6 Å². The molecular formula is C28H29Cl2N5O3. The van der Waals surface area contributed by atoms with Crippen molar-refractivity contribution in [1.82, 2.24) is 19.8 Å². The predicted octanol–water partition coefficient (Wildman–Crippen LogP) is 4.70. The molecule has 2 aromatic carbocycles. The van der Waals surface area contributed by atoms with Crippen LogP contribution in [0, 0.1) is 5.41 Å². The largest absolute Gasteiger partial charge is 0.355 e. The Bertz CT molecular complexity index is 1480. The van der Waals surface area contributed by atoms with Crippen LogP contribution in [-0.4, -0.2) is 45.9 Å². The number of carbonyl (C=O) groups is 2. The maximum atomic E-state index is 13.9. The number of aromatic nitrogens is 2. The molecule has 5 rings (SSSR count). The molecule has 1 aliphatic carbocycles. The van der Waals surface area contributed by atoms with Crippen LogP contribution in [0.3, 0.4) is 0 Å². The number of amides is 2. The highest BCUT2D eigenvalue weighted by molar-refractivity contribution is 6.42. The first-order valence-corrected chi connectivity index (χ1v) is 13.3. The second-order valence-corrected chi connectivity index (χ2v) is 11.2. The van der Waals surface area contributed by atoms with E-state index >= 15 is 0 Å². The monoisotopic (exact) mass is 553 g/mol. The highest BCUT2D eigenvalue weighted by Crippen LogP contribution is 2.44. The Morgan fingerprint density at radius 3 is 2.39 bits per heavy atom. The standard InChI is InChI=1S/C28H29Cl2N5O3/c1-16-12-20-23(14-34(16)25(37)18-6-9-21(29)22(30)13-18)33-27(32-15-28(2)10-11-28)35(26(20)38)19-7-4-17(5-8-19)24(36)31-3/h4-9,13,16H,10-12,14-15H2,1-3H3,(H,31,36)(H,32,33)/t16-/m1/s1.